The lowest BCUT2D eigenvalue weighted by atomic mass is 10.0. The van der Waals surface area contributed by atoms with Crippen LogP contribution in [0.1, 0.15) is 58.7 Å². The maximum atomic E-state index is 12.8. The van der Waals surface area contributed by atoms with E-state index in [0.29, 0.717) is 13.2 Å². The van der Waals surface area contributed by atoms with E-state index in [1.165, 1.54) is 0 Å². The molecule has 0 aromatic heterocycles. The van der Waals surface area contributed by atoms with E-state index in [0.717, 1.165) is 11.1 Å². The molecule has 138 valence electrons. The van der Waals surface area contributed by atoms with Gasteiger partial charge in [0.15, 0.2) is 0 Å². The number of nitrogens with one attached hydrogen (secondary N) is 1. The Hall–Kier alpha value is -0.360. The molecule has 2 atom stereocenters. The highest BCUT2D eigenvalue weighted by Crippen LogP contribution is 2.52. The van der Waals surface area contributed by atoms with Gasteiger partial charge in [-0.2, -0.15) is 0 Å². The van der Waals surface area contributed by atoms with Crippen LogP contribution in [0.15, 0.2) is 24.3 Å². The zero-order valence-electron chi connectivity index (χ0n) is 15.5. The Labute approximate surface area is 149 Å². The summed E-state index contributed by atoms with van der Waals surface area (Å²) in [5, 5.41) is 0. The van der Waals surface area contributed by atoms with E-state index in [9.17, 15) is 9.12 Å². The maximum absolute atomic E-state index is 12.8. The topological polar surface area (TPSA) is 70.6 Å². The van der Waals surface area contributed by atoms with Crippen molar-refractivity contribution in [1.82, 2.24) is 4.72 Å². The molecule has 0 aliphatic heterocycles. The van der Waals surface area contributed by atoms with Gasteiger partial charge in [0.2, 0.25) is 0 Å². The third-order valence-corrected chi connectivity index (χ3v) is 7.09. The van der Waals surface area contributed by atoms with Crippen molar-refractivity contribution in [1.29, 1.82) is 0 Å². The Kier molecular flexibility index (Phi) is 8.46. The highest BCUT2D eigenvalue weighted by molar-refractivity contribution is 7.90. The molecule has 0 spiro atoms. The molecule has 1 aromatic carbocycles. The first-order chi connectivity index (χ1) is 11.1. The molecule has 0 aliphatic carbocycles. The predicted molar refractivity (Wildman–Crippen MR) is 100 cm³/mol. The van der Waals surface area contributed by atoms with E-state index in [-0.39, 0.29) is 17.0 Å². The summed E-state index contributed by atoms with van der Waals surface area (Å²) in [7, 11) is -3.18. The average Bonchev–Trinajstić information content (AvgIpc) is 2.46. The Morgan fingerprint density at radius 2 is 1.75 bits per heavy atom. The SMILES string of the molecule is CCOP(=O)(Cc1ccccc1[C@H](C)N[S+]([O-])C(C)(C)C)OCC. The number of rotatable bonds is 9. The lowest BCUT2D eigenvalue weighted by Crippen LogP contribution is -2.40. The molecule has 0 amide bonds. The van der Waals surface area contributed by atoms with Crippen molar-refractivity contribution in [2.45, 2.75) is 58.5 Å². The molecule has 0 fully saturated rings. The van der Waals surface area contributed by atoms with E-state index in [4.69, 9.17) is 9.05 Å². The van der Waals surface area contributed by atoms with Gasteiger partial charge in [0.25, 0.3) is 0 Å². The van der Waals surface area contributed by atoms with Gasteiger partial charge in [0, 0.05) is 11.4 Å². The molecular formula is C17H30NO4PS. The van der Waals surface area contributed by atoms with Crippen molar-refractivity contribution in [3.05, 3.63) is 35.4 Å². The van der Waals surface area contributed by atoms with E-state index < -0.39 is 19.0 Å². The first-order valence-corrected chi connectivity index (χ1v) is 11.1. The molecule has 0 saturated carbocycles. The summed E-state index contributed by atoms with van der Waals surface area (Å²) >= 11 is -1.19. The van der Waals surface area contributed by atoms with Crippen LogP contribution in [0.2, 0.25) is 0 Å². The molecule has 24 heavy (non-hydrogen) atoms. The van der Waals surface area contributed by atoms with Gasteiger partial charge in [0.05, 0.1) is 25.4 Å². The van der Waals surface area contributed by atoms with Gasteiger partial charge in [-0.05, 0) is 52.7 Å². The summed E-state index contributed by atoms with van der Waals surface area (Å²) in [4.78, 5) is 0. The number of benzene rings is 1. The molecular weight excluding hydrogens is 345 g/mol. The highest BCUT2D eigenvalue weighted by atomic mass is 32.2. The van der Waals surface area contributed by atoms with Crippen molar-refractivity contribution in [2.75, 3.05) is 13.2 Å². The molecule has 0 saturated heterocycles. The molecule has 0 bridgehead atoms. The highest BCUT2D eigenvalue weighted by Gasteiger charge is 2.30. The van der Waals surface area contributed by atoms with Gasteiger partial charge in [-0.1, -0.05) is 24.3 Å². The molecule has 1 unspecified atom stereocenters. The predicted octanol–water partition coefficient (Wildman–Crippen LogP) is 4.57. The van der Waals surface area contributed by atoms with Gasteiger partial charge in [-0.25, -0.2) is 0 Å². The summed E-state index contributed by atoms with van der Waals surface area (Å²) in [6.45, 7) is 12.0. The second kappa shape index (κ2) is 9.37. The fraction of sp³-hybridized carbons (Fsp3) is 0.647. The summed E-state index contributed by atoms with van der Waals surface area (Å²) < 4.78 is 38.7. The lowest BCUT2D eigenvalue weighted by Gasteiger charge is -2.27. The van der Waals surface area contributed by atoms with Gasteiger partial charge in [-0.3, -0.25) is 4.57 Å². The lowest BCUT2D eigenvalue weighted by molar-refractivity contribution is 0.219. The van der Waals surface area contributed by atoms with Gasteiger partial charge in [-0.15, -0.1) is 4.72 Å². The molecule has 1 N–H and O–H groups in total. The van der Waals surface area contributed by atoms with Crippen LogP contribution in [0, 0.1) is 0 Å². The van der Waals surface area contributed by atoms with Gasteiger partial charge in [0.1, 0.15) is 4.75 Å². The molecule has 7 heteroatoms. The van der Waals surface area contributed by atoms with E-state index in [2.05, 4.69) is 4.72 Å². The molecule has 1 aromatic rings. The Bertz CT molecular complexity index is 552. The molecule has 0 radical (unpaired) electrons. The van der Waals surface area contributed by atoms with Crippen molar-refractivity contribution < 1.29 is 18.2 Å². The van der Waals surface area contributed by atoms with Crippen LogP contribution in [0.25, 0.3) is 0 Å². The van der Waals surface area contributed by atoms with Crippen molar-refractivity contribution in [3.63, 3.8) is 0 Å². The maximum Gasteiger partial charge on any atom is 0.335 e. The number of hydrogen-bond donors (Lipinski definition) is 1. The van der Waals surface area contributed by atoms with Crippen LogP contribution in [-0.4, -0.2) is 22.5 Å². The quantitative estimate of drug-likeness (QED) is 0.506. The summed E-state index contributed by atoms with van der Waals surface area (Å²) in [6.07, 6.45) is 0.207. The van der Waals surface area contributed by atoms with E-state index in [1.54, 1.807) is 13.8 Å². The van der Waals surface area contributed by atoms with Gasteiger partial charge >= 0.3 is 7.60 Å². The molecule has 0 aliphatic rings. The fourth-order valence-corrected chi connectivity index (χ4v) is 4.78. The zero-order valence-corrected chi connectivity index (χ0v) is 17.2. The minimum atomic E-state index is -3.18. The first-order valence-electron chi connectivity index (χ1n) is 8.27. The van der Waals surface area contributed by atoms with Crippen LogP contribution in [0.3, 0.4) is 0 Å². The van der Waals surface area contributed by atoms with Crippen molar-refractivity contribution in [2.24, 2.45) is 0 Å². The zero-order chi connectivity index (χ0) is 18.4. The Balaban J connectivity index is 3.01. The largest absolute Gasteiger partial charge is 0.598 e. The standard InChI is InChI=1S/C17H30NO4PS/c1-7-21-23(19,22-8-2)13-15-11-9-10-12-16(15)14(3)18-24(20)17(4,5)6/h9-12,14,18H,7-8,13H2,1-6H3/t14-,24?/m0/s1. The minimum absolute atomic E-state index is 0.141. The van der Waals surface area contributed by atoms with E-state index >= 15 is 0 Å². The summed E-state index contributed by atoms with van der Waals surface area (Å²) in [6, 6.07) is 7.54. The molecule has 5 nitrogen and oxygen atoms in total. The van der Waals surface area contributed by atoms with Crippen LogP contribution in [-0.2, 0) is 31.1 Å². The minimum Gasteiger partial charge on any atom is -0.598 e. The average molecular weight is 375 g/mol. The van der Waals surface area contributed by atoms with Crippen LogP contribution < -0.4 is 4.72 Å². The Morgan fingerprint density at radius 1 is 1.21 bits per heavy atom. The number of hydrogen-bond acceptors (Lipinski definition) is 5. The molecule has 1 rings (SSSR count). The second-order valence-corrected chi connectivity index (χ2v) is 10.6. The van der Waals surface area contributed by atoms with E-state index in [1.807, 2.05) is 52.0 Å². The van der Waals surface area contributed by atoms with Crippen molar-refractivity contribution >= 4 is 19.0 Å². The Morgan fingerprint density at radius 3 is 2.25 bits per heavy atom. The summed E-state index contributed by atoms with van der Waals surface area (Å²) in [5.74, 6) is 0. The summed E-state index contributed by atoms with van der Waals surface area (Å²) in [5.41, 5.74) is 1.84. The normalized spacial score (nSPS) is 15.3. The van der Waals surface area contributed by atoms with Crippen LogP contribution in [0.4, 0.5) is 0 Å². The van der Waals surface area contributed by atoms with Crippen molar-refractivity contribution in [3.8, 4) is 0 Å². The third kappa shape index (κ3) is 6.51. The first kappa shape index (κ1) is 21.7. The van der Waals surface area contributed by atoms with Gasteiger partial charge < -0.3 is 13.6 Å². The van der Waals surface area contributed by atoms with Crippen LogP contribution in [0.5, 0.6) is 0 Å². The second-order valence-electron chi connectivity index (χ2n) is 6.52. The van der Waals surface area contributed by atoms with Crippen LogP contribution >= 0.6 is 7.60 Å². The molecule has 0 heterocycles. The fourth-order valence-electron chi connectivity index (χ4n) is 2.23. The smallest absolute Gasteiger partial charge is 0.335 e. The monoisotopic (exact) mass is 375 g/mol. The third-order valence-electron chi connectivity index (χ3n) is 3.38.